The predicted molar refractivity (Wildman–Crippen MR) is 76.1 cm³/mol. The fourth-order valence-corrected chi connectivity index (χ4v) is 2.91. The van der Waals surface area contributed by atoms with Gasteiger partial charge in [-0.25, -0.2) is 9.97 Å². The molecule has 0 aliphatic carbocycles. The van der Waals surface area contributed by atoms with Crippen LogP contribution >= 0.6 is 11.3 Å². The van der Waals surface area contributed by atoms with E-state index < -0.39 is 0 Å². The minimum atomic E-state index is -0.247. The first-order valence-electron chi connectivity index (χ1n) is 5.92. The van der Waals surface area contributed by atoms with Gasteiger partial charge in [0.1, 0.15) is 11.5 Å². The van der Waals surface area contributed by atoms with Crippen LogP contribution in [-0.2, 0) is 0 Å². The lowest BCUT2D eigenvalue weighted by Gasteiger charge is -2.13. The van der Waals surface area contributed by atoms with Crippen LogP contribution in [0.4, 0.5) is 5.82 Å². The number of nitrogens with one attached hydrogen (secondary N) is 1. The van der Waals surface area contributed by atoms with Crippen molar-refractivity contribution in [3.63, 3.8) is 0 Å². The Kier molecular flexibility index (Phi) is 3.80. The summed E-state index contributed by atoms with van der Waals surface area (Å²) < 4.78 is 0. The molecule has 2 rings (SSSR count). The fraction of sp³-hybridized carbons (Fsp3) is 0.308. The Bertz CT molecular complexity index is 591. The lowest BCUT2D eigenvalue weighted by Crippen LogP contribution is -2.27. The standard InChI is InChI=1S/C13H16N4OS/c1-7-4-10(9(3)19-7)8(2)17-13(18)11-5-16-12(14)6-15-11/h4-6,8H,1-3H3,(H2,14,16)(H,17,18). The number of hydrogen-bond donors (Lipinski definition) is 2. The first kappa shape index (κ1) is 13.5. The smallest absolute Gasteiger partial charge is 0.271 e. The van der Waals surface area contributed by atoms with Gasteiger partial charge in [-0.15, -0.1) is 11.3 Å². The van der Waals surface area contributed by atoms with Crippen molar-refractivity contribution in [2.75, 3.05) is 5.73 Å². The molecule has 0 spiro atoms. The summed E-state index contributed by atoms with van der Waals surface area (Å²) >= 11 is 1.73. The van der Waals surface area contributed by atoms with Crippen LogP contribution in [0.15, 0.2) is 18.5 Å². The molecular weight excluding hydrogens is 260 g/mol. The molecule has 1 atom stereocenters. The highest BCUT2D eigenvalue weighted by Gasteiger charge is 2.15. The second-order valence-electron chi connectivity index (χ2n) is 4.39. The lowest BCUT2D eigenvalue weighted by molar-refractivity contribution is 0.0934. The van der Waals surface area contributed by atoms with E-state index in [2.05, 4.69) is 35.2 Å². The minimum absolute atomic E-state index is 0.0585. The van der Waals surface area contributed by atoms with Crippen LogP contribution < -0.4 is 11.1 Å². The molecule has 0 bridgehead atoms. The molecule has 100 valence electrons. The Hall–Kier alpha value is -1.95. The highest BCUT2D eigenvalue weighted by Crippen LogP contribution is 2.26. The van der Waals surface area contributed by atoms with Gasteiger partial charge < -0.3 is 11.1 Å². The van der Waals surface area contributed by atoms with E-state index in [-0.39, 0.29) is 17.6 Å². The molecule has 0 radical (unpaired) electrons. The van der Waals surface area contributed by atoms with Gasteiger partial charge in [-0.3, -0.25) is 4.79 Å². The average Bonchev–Trinajstić information content (AvgIpc) is 2.69. The van der Waals surface area contributed by atoms with Gasteiger partial charge in [-0.1, -0.05) is 0 Å². The number of nitrogens with two attached hydrogens (primary N) is 1. The Morgan fingerprint density at radius 2 is 2.11 bits per heavy atom. The number of nitrogens with zero attached hydrogens (tertiary/aromatic N) is 2. The zero-order chi connectivity index (χ0) is 14.0. The van der Waals surface area contributed by atoms with Crippen LogP contribution in [0, 0.1) is 13.8 Å². The molecule has 0 saturated carbocycles. The second-order valence-corrected chi connectivity index (χ2v) is 5.85. The summed E-state index contributed by atoms with van der Waals surface area (Å²) in [5.41, 5.74) is 6.85. The number of thiophene rings is 1. The maximum absolute atomic E-state index is 12.0. The van der Waals surface area contributed by atoms with Gasteiger partial charge in [0.15, 0.2) is 0 Å². The van der Waals surface area contributed by atoms with Crippen LogP contribution in [0.3, 0.4) is 0 Å². The predicted octanol–water partition coefficient (Wildman–Crippen LogP) is 2.23. The van der Waals surface area contributed by atoms with Gasteiger partial charge in [0.25, 0.3) is 5.91 Å². The summed E-state index contributed by atoms with van der Waals surface area (Å²) in [4.78, 5) is 22.3. The number of hydrogen-bond acceptors (Lipinski definition) is 5. The number of aryl methyl sites for hydroxylation is 2. The fourth-order valence-electron chi connectivity index (χ4n) is 1.88. The average molecular weight is 276 g/mol. The molecule has 0 aromatic carbocycles. The summed E-state index contributed by atoms with van der Waals surface area (Å²) in [5.74, 6) is 0.0529. The number of carbonyl (C=O) groups excluding carboxylic acids is 1. The SMILES string of the molecule is Cc1cc(C(C)NC(=O)c2cnc(N)cn2)c(C)s1. The zero-order valence-electron chi connectivity index (χ0n) is 11.1. The Labute approximate surface area is 115 Å². The number of nitrogen functional groups attached to an aromatic ring is 1. The highest BCUT2D eigenvalue weighted by atomic mass is 32.1. The van der Waals surface area contributed by atoms with Gasteiger partial charge in [-0.2, -0.15) is 0 Å². The maximum Gasteiger partial charge on any atom is 0.271 e. The first-order chi connectivity index (χ1) is 8.97. The van der Waals surface area contributed by atoms with Crippen molar-refractivity contribution in [1.82, 2.24) is 15.3 Å². The van der Waals surface area contributed by atoms with Gasteiger partial charge >= 0.3 is 0 Å². The van der Waals surface area contributed by atoms with Crippen molar-refractivity contribution in [2.24, 2.45) is 0 Å². The molecule has 2 aromatic heterocycles. The molecule has 19 heavy (non-hydrogen) atoms. The van der Waals surface area contributed by atoms with Crippen molar-refractivity contribution < 1.29 is 4.79 Å². The molecule has 0 saturated heterocycles. The quantitative estimate of drug-likeness (QED) is 0.900. The number of anilines is 1. The largest absolute Gasteiger partial charge is 0.382 e. The second kappa shape index (κ2) is 5.36. The topological polar surface area (TPSA) is 80.9 Å². The molecule has 1 unspecified atom stereocenters. The molecular formula is C13H16N4OS. The van der Waals surface area contributed by atoms with Crippen LogP contribution in [0.25, 0.3) is 0 Å². The van der Waals surface area contributed by atoms with E-state index >= 15 is 0 Å². The van der Waals surface area contributed by atoms with E-state index in [0.717, 1.165) is 5.56 Å². The molecule has 2 aromatic rings. The van der Waals surface area contributed by atoms with Gasteiger partial charge in [-0.05, 0) is 32.4 Å². The third kappa shape index (κ3) is 3.08. The summed E-state index contributed by atoms with van der Waals surface area (Å²) in [7, 11) is 0. The number of rotatable bonds is 3. The van der Waals surface area contributed by atoms with Crippen molar-refractivity contribution in [3.05, 3.63) is 39.5 Å². The van der Waals surface area contributed by atoms with E-state index in [0.29, 0.717) is 5.82 Å². The maximum atomic E-state index is 12.0. The van der Waals surface area contributed by atoms with E-state index in [9.17, 15) is 4.79 Å². The van der Waals surface area contributed by atoms with Crippen molar-refractivity contribution in [1.29, 1.82) is 0 Å². The molecule has 0 aliphatic rings. The molecule has 1 amide bonds. The monoisotopic (exact) mass is 276 g/mol. The van der Waals surface area contributed by atoms with Crippen molar-refractivity contribution >= 4 is 23.1 Å². The van der Waals surface area contributed by atoms with E-state index in [1.54, 1.807) is 11.3 Å². The third-order valence-electron chi connectivity index (χ3n) is 2.80. The van der Waals surface area contributed by atoms with Crippen LogP contribution in [-0.4, -0.2) is 15.9 Å². The summed E-state index contributed by atoms with van der Waals surface area (Å²) in [6, 6.07) is 2.04. The van der Waals surface area contributed by atoms with Crippen LogP contribution in [0.1, 0.15) is 38.8 Å². The molecule has 0 fully saturated rings. The van der Waals surface area contributed by atoms with Gasteiger partial charge in [0.05, 0.1) is 18.4 Å². The molecule has 2 heterocycles. The lowest BCUT2D eigenvalue weighted by atomic mass is 10.1. The summed E-state index contributed by atoms with van der Waals surface area (Å²) in [6.07, 6.45) is 2.75. The number of amides is 1. The van der Waals surface area contributed by atoms with Crippen molar-refractivity contribution in [2.45, 2.75) is 26.8 Å². The number of carbonyl (C=O) groups is 1. The molecule has 6 heteroatoms. The first-order valence-corrected chi connectivity index (χ1v) is 6.74. The number of aromatic nitrogens is 2. The minimum Gasteiger partial charge on any atom is -0.382 e. The Morgan fingerprint density at radius 1 is 1.37 bits per heavy atom. The normalized spacial score (nSPS) is 12.2. The van der Waals surface area contributed by atoms with E-state index in [1.165, 1.54) is 22.1 Å². The summed E-state index contributed by atoms with van der Waals surface area (Å²) in [5, 5.41) is 2.91. The van der Waals surface area contributed by atoms with Gasteiger partial charge in [0, 0.05) is 9.75 Å². The molecule has 0 aliphatic heterocycles. The van der Waals surface area contributed by atoms with Crippen molar-refractivity contribution in [3.8, 4) is 0 Å². The van der Waals surface area contributed by atoms with Crippen LogP contribution in [0.5, 0.6) is 0 Å². The van der Waals surface area contributed by atoms with E-state index in [1.807, 2.05) is 6.92 Å². The van der Waals surface area contributed by atoms with E-state index in [4.69, 9.17) is 5.73 Å². The third-order valence-corrected chi connectivity index (χ3v) is 3.78. The van der Waals surface area contributed by atoms with Crippen LogP contribution in [0.2, 0.25) is 0 Å². The Balaban J connectivity index is 2.10. The Morgan fingerprint density at radius 3 is 2.63 bits per heavy atom. The summed E-state index contributed by atoms with van der Waals surface area (Å²) in [6.45, 7) is 6.07. The molecule has 5 nitrogen and oxygen atoms in total. The zero-order valence-corrected chi connectivity index (χ0v) is 11.9. The van der Waals surface area contributed by atoms with Gasteiger partial charge in [0.2, 0.25) is 0 Å². The molecule has 3 N–H and O–H groups in total. The highest BCUT2D eigenvalue weighted by molar-refractivity contribution is 7.12.